The van der Waals surface area contributed by atoms with Crippen LogP contribution in [-0.4, -0.2) is 39.1 Å². The van der Waals surface area contributed by atoms with E-state index in [1.165, 1.54) is 11.8 Å². The van der Waals surface area contributed by atoms with Crippen LogP contribution in [0.5, 0.6) is 0 Å². The second kappa shape index (κ2) is 6.29. The number of carboxylic acid groups (broad SMARTS) is 1. The van der Waals surface area contributed by atoms with Crippen LogP contribution in [0.3, 0.4) is 0 Å². The Morgan fingerprint density at radius 1 is 1.76 bits per heavy atom. The van der Waals surface area contributed by atoms with Crippen molar-refractivity contribution in [2.24, 2.45) is 7.05 Å². The highest BCUT2D eigenvalue weighted by atomic mass is 32.2. The van der Waals surface area contributed by atoms with Gasteiger partial charge in [0.05, 0.1) is 5.69 Å². The topological polar surface area (TPSA) is 84.2 Å². The highest BCUT2D eigenvalue weighted by Crippen LogP contribution is 2.13. The highest BCUT2D eigenvalue weighted by Gasteiger charge is 2.16. The lowest BCUT2D eigenvalue weighted by molar-refractivity contribution is -0.139. The molecule has 0 fully saturated rings. The van der Waals surface area contributed by atoms with E-state index in [-0.39, 0.29) is 0 Å². The van der Waals surface area contributed by atoms with Crippen molar-refractivity contribution in [2.45, 2.75) is 18.7 Å². The van der Waals surface area contributed by atoms with Gasteiger partial charge in [-0.25, -0.2) is 4.79 Å². The molecule has 1 aromatic rings. The quantitative estimate of drug-likeness (QED) is 0.680. The summed E-state index contributed by atoms with van der Waals surface area (Å²) >= 11 is 1.45. The van der Waals surface area contributed by atoms with Crippen molar-refractivity contribution in [2.75, 3.05) is 5.75 Å². The molecule has 1 aromatic heterocycles. The number of carbonyl (C=O) groups excluding carboxylic acids is 1. The summed E-state index contributed by atoms with van der Waals surface area (Å²) in [7, 11) is 1.85. The highest BCUT2D eigenvalue weighted by molar-refractivity contribution is 7.98. The molecule has 94 valence electrons. The summed E-state index contributed by atoms with van der Waals surface area (Å²) in [6.07, 6.45) is 0.410. The smallest absolute Gasteiger partial charge is 0.327 e. The van der Waals surface area contributed by atoms with Crippen LogP contribution in [-0.2, 0) is 22.4 Å². The molecule has 0 aliphatic rings. The third-order valence-corrected chi connectivity index (χ3v) is 3.27. The number of thioether (sulfide) groups is 1. The maximum absolute atomic E-state index is 10.8. The average Bonchev–Trinajstić information content (AvgIpc) is 2.56. The zero-order valence-corrected chi connectivity index (χ0v) is 10.5. The molecule has 1 heterocycles. The molecular formula is C10H15N3O3S. The fourth-order valence-corrected chi connectivity index (χ4v) is 2.43. The fourth-order valence-electron chi connectivity index (χ4n) is 1.35. The van der Waals surface area contributed by atoms with Gasteiger partial charge in [-0.2, -0.15) is 16.9 Å². The predicted octanol–water partition coefficient (Wildman–Crippen LogP) is 0.161. The van der Waals surface area contributed by atoms with E-state index >= 15 is 0 Å². The van der Waals surface area contributed by atoms with E-state index in [1.54, 1.807) is 4.68 Å². The van der Waals surface area contributed by atoms with Gasteiger partial charge in [-0.1, -0.05) is 0 Å². The zero-order chi connectivity index (χ0) is 12.8. The van der Waals surface area contributed by atoms with Gasteiger partial charge < -0.3 is 10.4 Å². The molecule has 17 heavy (non-hydrogen) atoms. The maximum Gasteiger partial charge on any atom is 0.327 e. The molecule has 0 radical (unpaired) electrons. The Labute approximate surface area is 103 Å². The van der Waals surface area contributed by atoms with Crippen molar-refractivity contribution in [3.8, 4) is 0 Å². The number of rotatable bonds is 7. The van der Waals surface area contributed by atoms with E-state index in [9.17, 15) is 9.59 Å². The molecule has 0 saturated heterocycles. The summed E-state index contributed by atoms with van der Waals surface area (Å²) in [6.45, 7) is 1.90. The number of amides is 1. The van der Waals surface area contributed by atoms with Gasteiger partial charge in [0.2, 0.25) is 6.41 Å². The van der Waals surface area contributed by atoms with Gasteiger partial charge in [-0.3, -0.25) is 9.48 Å². The van der Waals surface area contributed by atoms with Crippen molar-refractivity contribution < 1.29 is 14.7 Å². The van der Waals surface area contributed by atoms with Crippen molar-refractivity contribution in [3.63, 3.8) is 0 Å². The third kappa shape index (κ3) is 4.10. The summed E-state index contributed by atoms with van der Waals surface area (Å²) in [6, 6.07) is 1.11. The second-order valence-electron chi connectivity index (χ2n) is 3.59. The van der Waals surface area contributed by atoms with Crippen LogP contribution in [0.15, 0.2) is 6.07 Å². The van der Waals surface area contributed by atoms with Crippen LogP contribution in [0.25, 0.3) is 0 Å². The summed E-state index contributed by atoms with van der Waals surface area (Å²) < 4.78 is 1.77. The first-order valence-electron chi connectivity index (χ1n) is 5.04. The molecule has 1 unspecified atom stereocenters. The second-order valence-corrected chi connectivity index (χ2v) is 4.62. The fraction of sp³-hybridized carbons (Fsp3) is 0.500. The molecule has 7 heteroatoms. The average molecular weight is 257 g/mol. The summed E-state index contributed by atoms with van der Waals surface area (Å²) in [5.74, 6) is -0.0225. The standard InChI is InChI=1S/C10H15N3O3S/c1-7-3-8(13(2)12-7)4-17-5-9(10(15)16)11-6-14/h3,6,9H,4-5H2,1-2H3,(H,11,14)(H,15,16). The molecule has 1 rings (SSSR count). The van der Waals surface area contributed by atoms with Crippen molar-refractivity contribution in [3.05, 3.63) is 17.5 Å². The largest absolute Gasteiger partial charge is 0.480 e. The van der Waals surface area contributed by atoms with Gasteiger partial charge in [0.25, 0.3) is 0 Å². The number of aromatic nitrogens is 2. The van der Waals surface area contributed by atoms with E-state index in [2.05, 4.69) is 10.4 Å². The van der Waals surface area contributed by atoms with Gasteiger partial charge in [-0.15, -0.1) is 0 Å². The number of carboxylic acids is 1. The van der Waals surface area contributed by atoms with Crippen molar-refractivity contribution in [1.82, 2.24) is 15.1 Å². The Morgan fingerprint density at radius 3 is 2.94 bits per heavy atom. The molecule has 0 bridgehead atoms. The summed E-state index contributed by atoms with van der Waals surface area (Å²) in [5, 5.41) is 15.3. The molecule has 0 aliphatic carbocycles. The molecule has 2 N–H and O–H groups in total. The van der Waals surface area contributed by atoms with Crippen LogP contribution >= 0.6 is 11.8 Å². The lowest BCUT2D eigenvalue weighted by Crippen LogP contribution is -2.37. The third-order valence-electron chi connectivity index (χ3n) is 2.20. The Balaban J connectivity index is 2.43. The Bertz CT molecular complexity index is 406. The van der Waals surface area contributed by atoms with Gasteiger partial charge in [0.1, 0.15) is 6.04 Å². The number of aryl methyl sites for hydroxylation is 2. The molecule has 1 atom stereocenters. The first kappa shape index (κ1) is 13.6. The zero-order valence-electron chi connectivity index (χ0n) is 9.71. The van der Waals surface area contributed by atoms with Gasteiger partial charge in [0, 0.05) is 24.2 Å². The first-order valence-corrected chi connectivity index (χ1v) is 6.20. The first-order chi connectivity index (χ1) is 8.04. The monoisotopic (exact) mass is 257 g/mol. The predicted molar refractivity (Wildman–Crippen MR) is 64.7 cm³/mol. The van der Waals surface area contributed by atoms with Crippen LogP contribution in [0.4, 0.5) is 0 Å². The number of aliphatic carboxylic acids is 1. The molecule has 6 nitrogen and oxygen atoms in total. The van der Waals surface area contributed by atoms with E-state index in [0.717, 1.165) is 11.4 Å². The normalized spacial score (nSPS) is 12.1. The minimum atomic E-state index is -1.02. The van der Waals surface area contributed by atoms with E-state index < -0.39 is 12.0 Å². The van der Waals surface area contributed by atoms with Gasteiger partial charge in [0.15, 0.2) is 0 Å². The molecule has 0 saturated carbocycles. The Morgan fingerprint density at radius 2 is 2.47 bits per heavy atom. The molecule has 0 spiro atoms. The van der Waals surface area contributed by atoms with Crippen molar-refractivity contribution >= 4 is 24.1 Å². The maximum atomic E-state index is 10.8. The lowest BCUT2D eigenvalue weighted by atomic mass is 10.3. The number of nitrogens with one attached hydrogen (secondary N) is 1. The lowest BCUT2D eigenvalue weighted by Gasteiger charge is -2.10. The van der Waals surface area contributed by atoms with E-state index in [4.69, 9.17) is 5.11 Å². The number of hydrogen-bond acceptors (Lipinski definition) is 4. The van der Waals surface area contributed by atoms with Crippen LogP contribution in [0, 0.1) is 6.92 Å². The minimum Gasteiger partial charge on any atom is -0.480 e. The van der Waals surface area contributed by atoms with Crippen LogP contribution in [0.1, 0.15) is 11.4 Å². The summed E-state index contributed by atoms with van der Waals surface area (Å²) in [4.78, 5) is 21.0. The molecular weight excluding hydrogens is 242 g/mol. The van der Waals surface area contributed by atoms with Gasteiger partial charge >= 0.3 is 5.97 Å². The Hall–Kier alpha value is -1.50. The van der Waals surface area contributed by atoms with E-state index in [0.29, 0.717) is 17.9 Å². The number of hydrogen-bond donors (Lipinski definition) is 2. The van der Waals surface area contributed by atoms with Crippen LogP contribution in [0.2, 0.25) is 0 Å². The molecule has 1 amide bonds. The molecule has 0 aliphatic heterocycles. The number of carbonyl (C=O) groups is 2. The summed E-state index contributed by atoms with van der Waals surface area (Å²) in [5.41, 5.74) is 1.96. The Kier molecular flexibility index (Phi) is 5.02. The SMILES string of the molecule is Cc1cc(CSCC(NC=O)C(=O)O)n(C)n1. The van der Waals surface area contributed by atoms with Crippen molar-refractivity contribution in [1.29, 1.82) is 0 Å². The number of nitrogens with zero attached hydrogens (tertiary/aromatic N) is 2. The van der Waals surface area contributed by atoms with Crippen LogP contribution < -0.4 is 5.32 Å². The minimum absolute atomic E-state index is 0.332. The van der Waals surface area contributed by atoms with Gasteiger partial charge in [-0.05, 0) is 13.0 Å². The van der Waals surface area contributed by atoms with E-state index in [1.807, 2.05) is 20.0 Å². The molecule has 0 aromatic carbocycles.